The van der Waals surface area contributed by atoms with Crippen molar-refractivity contribution in [2.75, 3.05) is 19.7 Å². The van der Waals surface area contributed by atoms with Crippen molar-refractivity contribution >= 4 is 11.8 Å². The van der Waals surface area contributed by atoms with Crippen LogP contribution < -0.4 is 5.32 Å². The molecule has 1 aromatic rings. The Bertz CT molecular complexity index is 527. The van der Waals surface area contributed by atoms with E-state index in [-0.39, 0.29) is 30.4 Å². The van der Waals surface area contributed by atoms with Gasteiger partial charge in [0, 0.05) is 20.0 Å². The Hall–Kier alpha value is -1.88. The number of morpholine rings is 1. The summed E-state index contributed by atoms with van der Waals surface area (Å²) in [6, 6.07) is 7.62. The van der Waals surface area contributed by atoms with E-state index in [1.54, 1.807) is 0 Å². The molecular weight excluding hydrogens is 280 g/mol. The SMILES string of the molecule is CC(=O)N[C@@H](CC(=O)N1CCO[C@H](C)C1)c1ccc(C)cc1. The van der Waals surface area contributed by atoms with Crippen molar-refractivity contribution in [3.05, 3.63) is 35.4 Å². The summed E-state index contributed by atoms with van der Waals surface area (Å²) in [5.41, 5.74) is 2.11. The maximum Gasteiger partial charge on any atom is 0.225 e. The van der Waals surface area contributed by atoms with E-state index >= 15 is 0 Å². The molecular formula is C17H24N2O3. The number of carbonyl (C=O) groups excluding carboxylic acids is 2. The Balaban J connectivity index is 2.07. The zero-order valence-corrected chi connectivity index (χ0v) is 13.5. The minimum absolute atomic E-state index is 0.0504. The molecule has 0 bridgehead atoms. The molecule has 1 aromatic carbocycles. The van der Waals surface area contributed by atoms with Crippen LogP contribution in [0.5, 0.6) is 0 Å². The molecule has 0 unspecified atom stereocenters. The molecule has 5 nitrogen and oxygen atoms in total. The molecule has 2 rings (SSSR count). The molecule has 1 aliphatic rings. The van der Waals surface area contributed by atoms with Gasteiger partial charge < -0.3 is 15.0 Å². The number of nitrogens with one attached hydrogen (secondary N) is 1. The first-order valence-corrected chi connectivity index (χ1v) is 7.68. The summed E-state index contributed by atoms with van der Waals surface area (Å²) >= 11 is 0. The summed E-state index contributed by atoms with van der Waals surface area (Å²) in [5, 5.41) is 2.88. The van der Waals surface area contributed by atoms with Crippen molar-refractivity contribution in [1.82, 2.24) is 10.2 Å². The van der Waals surface area contributed by atoms with Gasteiger partial charge in [0.25, 0.3) is 0 Å². The third-order valence-corrected chi connectivity index (χ3v) is 3.83. The first-order valence-electron chi connectivity index (χ1n) is 7.68. The monoisotopic (exact) mass is 304 g/mol. The van der Waals surface area contributed by atoms with Crippen molar-refractivity contribution in [3.8, 4) is 0 Å². The fourth-order valence-electron chi connectivity index (χ4n) is 2.65. The minimum Gasteiger partial charge on any atom is -0.375 e. The van der Waals surface area contributed by atoms with Gasteiger partial charge in [-0.1, -0.05) is 29.8 Å². The highest BCUT2D eigenvalue weighted by Gasteiger charge is 2.25. The van der Waals surface area contributed by atoms with Gasteiger partial charge in [-0.2, -0.15) is 0 Å². The van der Waals surface area contributed by atoms with Crippen molar-refractivity contribution in [2.45, 2.75) is 39.3 Å². The number of carbonyl (C=O) groups is 2. The predicted octanol–water partition coefficient (Wildman–Crippen LogP) is 1.81. The summed E-state index contributed by atoms with van der Waals surface area (Å²) in [6.07, 6.45) is 0.339. The normalized spacial score (nSPS) is 19.6. The van der Waals surface area contributed by atoms with Gasteiger partial charge in [-0.25, -0.2) is 0 Å². The largest absolute Gasteiger partial charge is 0.375 e. The second-order valence-electron chi connectivity index (χ2n) is 5.89. The number of hydrogen-bond acceptors (Lipinski definition) is 3. The fourth-order valence-corrected chi connectivity index (χ4v) is 2.65. The van der Waals surface area contributed by atoms with Gasteiger partial charge in [-0.15, -0.1) is 0 Å². The molecule has 0 radical (unpaired) electrons. The van der Waals surface area contributed by atoms with Crippen molar-refractivity contribution in [3.63, 3.8) is 0 Å². The smallest absolute Gasteiger partial charge is 0.225 e. The molecule has 5 heteroatoms. The summed E-state index contributed by atoms with van der Waals surface area (Å²) in [5.74, 6) is -0.0804. The maximum absolute atomic E-state index is 12.5. The molecule has 2 amide bonds. The lowest BCUT2D eigenvalue weighted by Gasteiger charge is -2.32. The quantitative estimate of drug-likeness (QED) is 0.923. The molecule has 0 aromatic heterocycles. The highest BCUT2D eigenvalue weighted by atomic mass is 16.5. The van der Waals surface area contributed by atoms with Gasteiger partial charge in [-0.3, -0.25) is 9.59 Å². The Morgan fingerprint density at radius 2 is 2.05 bits per heavy atom. The van der Waals surface area contributed by atoms with Crippen LogP contribution in [0.4, 0.5) is 0 Å². The average Bonchev–Trinajstić information content (AvgIpc) is 2.47. The zero-order valence-electron chi connectivity index (χ0n) is 13.5. The van der Waals surface area contributed by atoms with Crippen LogP contribution in [0.15, 0.2) is 24.3 Å². The van der Waals surface area contributed by atoms with E-state index in [0.717, 1.165) is 11.1 Å². The molecule has 1 N–H and O–H groups in total. The number of rotatable bonds is 4. The third kappa shape index (κ3) is 4.56. The van der Waals surface area contributed by atoms with E-state index < -0.39 is 0 Å². The van der Waals surface area contributed by atoms with E-state index in [0.29, 0.717) is 19.7 Å². The lowest BCUT2D eigenvalue weighted by atomic mass is 10.0. The fraction of sp³-hybridized carbons (Fsp3) is 0.529. The van der Waals surface area contributed by atoms with Crippen LogP contribution in [-0.2, 0) is 14.3 Å². The van der Waals surface area contributed by atoms with Gasteiger partial charge in [0.1, 0.15) is 0 Å². The predicted molar refractivity (Wildman–Crippen MR) is 84.3 cm³/mol. The molecule has 1 aliphatic heterocycles. The van der Waals surface area contributed by atoms with Crippen LogP contribution in [0, 0.1) is 6.92 Å². The second kappa shape index (κ2) is 7.40. The highest BCUT2D eigenvalue weighted by Crippen LogP contribution is 2.19. The number of benzene rings is 1. The van der Waals surface area contributed by atoms with Gasteiger partial charge in [0.15, 0.2) is 0 Å². The highest BCUT2D eigenvalue weighted by molar-refractivity contribution is 5.79. The minimum atomic E-state index is -0.288. The average molecular weight is 304 g/mol. The van der Waals surface area contributed by atoms with E-state index in [4.69, 9.17) is 4.74 Å². The van der Waals surface area contributed by atoms with Crippen LogP contribution in [0.25, 0.3) is 0 Å². The van der Waals surface area contributed by atoms with Crippen LogP contribution in [0.1, 0.15) is 37.4 Å². The van der Waals surface area contributed by atoms with Crippen LogP contribution in [-0.4, -0.2) is 42.5 Å². The first kappa shape index (κ1) is 16.5. The van der Waals surface area contributed by atoms with E-state index in [1.165, 1.54) is 6.92 Å². The number of ether oxygens (including phenoxy) is 1. The van der Waals surface area contributed by atoms with Crippen LogP contribution in [0.3, 0.4) is 0 Å². The molecule has 22 heavy (non-hydrogen) atoms. The summed E-state index contributed by atoms with van der Waals surface area (Å²) in [6.45, 7) is 7.25. The van der Waals surface area contributed by atoms with Crippen molar-refractivity contribution < 1.29 is 14.3 Å². The molecule has 1 fully saturated rings. The van der Waals surface area contributed by atoms with Gasteiger partial charge in [0.05, 0.1) is 25.2 Å². The molecule has 0 saturated carbocycles. The van der Waals surface area contributed by atoms with Crippen molar-refractivity contribution in [2.24, 2.45) is 0 Å². The maximum atomic E-state index is 12.5. The third-order valence-electron chi connectivity index (χ3n) is 3.83. The van der Waals surface area contributed by atoms with Crippen LogP contribution >= 0.6 is 0 Å². The zero-order chi connectivity index (χ0) is 16.1. The standard InChI is InChI=1S/C17H24N2O3/c1-12-4-6-15(7-5-12)16(18-14(3)20)10-17(21)19-8-9-22-13(2)11-19/h4-7,13,16H,8-11H2,1-3H3,(H,18,20)/t13-,16+/m1/s1. The van der Waals surface area contributed by atoms with E-state index in [1.807, 2.05) is 43.0 Å². The van der Waals surface area contributed by atoms with Gasteiger partial charge >= 0.3 is 0 Å². The van der Waals surface area contributed by atoms with Gasteiger partial charge in [-0.05, 0) is 19.4 Å². The van der Waals surface area contributed by atoms with Crippen molar-refractivity contribution in [1.29, 1.82) is 0 Å². The number of aryl methyl sites for hydroxylation is 1. The molecule has 0 aliphatic carbocycles. The molecule has 120 valence electrons. The molecule has 2 atom stereocenters. The summed E-state index contributed by atoms with van der Waals surface area (Å²) in [4.78, 5) is 25.8. The lowest BCUT2D eigenvalue weighted by molar-refractivity contribution is -0.138. The van der Waals surface area contributed by atoms with E-state index in [9.17, 15) is 9.59 Å². The molecule has 0 spiro atoms. The Labute approximate surface area is 131 Å². The van der Waals surface area contributed by atoms with E-state index in [2.05, 4.69) is 5.32 Å². The molecule has 1 heterocycles. The van der Waals surface area contributed by atoms with Crippen LogP contribution in [0.2, 0.25) is 0 Å². The topological polar surface area (TPSA) is 58.6 Å². The first-order chi connectivity index (χ1) is 10.5. The summed E-state index contributed by atoms with van der Waals surface area (Å²) < 4.78 is 5.46. The van der Waals surface area contributed by atoms with Gasteiger partial charge in [0.2, 0.25) is 11.8 Å². The Morgan fingerprint density at radius 1 is 1.36 bits per heavy atom. The Morgan fingerprint density at radius 3 is 2.64 bits per heavy atom. The number of hydrogen-bond donors (Lipinski definition) is 1. The number of nitrogens with zero attached hydrogens (tertiary/aromatic N) is 1. The Kier molecular flexibility index (Phi) is 5.55. The number of amides is 2. The summed E-state index contributed by atoms with van der Waals surface area (Å²) in [7, 11) is 0. The second-order valence-corrected chi connectivity index (χ2v) is 5.89. The lowest BCUT2D eigenvalue weighted by Crippen LogP contribution is -2.45. The molecule has 1 saturated heterocycles.